The molecule has 8 heteroatoms. The fourth-order valence-corrected chi connectivity index (χ4v) is 2.81. The summed E-state index contributed by atoms with van der Waals surface area (Å²) in [4.78, 5) is 1.15. The minimum atomic E-state index is 0.112. The summed E-state index contributed by atoms with van der Waals surface area (Å²) >= 11 is 12.3. The number of hydrogen-bond donors (Lipinski definition) is 2. The summed E-state index contributed by atoms with van der Waals surface area (Å²) < 4.78 is 11.2. The van der Waals surface area contributed by atoms with Crippen LogP contribution in [0.3, 0.4) is 0 Å². The number of halogens is 1. The predicted molar refractivity (Wildman–Crippen MR) is 108 cm³/mol. The van der Waals surface area contributed by atoms with Crippen LogP contribution in [0.4, 0.5) is 0 Å². The van der Waals surface area contributed by atoms with Gasteiger partial charge in [0.05, 0.1) is 19.9 Å². The standard InChI is InChI=1S/C17H18ClN3O2S2/c1-22-16-10-12(11-20-21-17(19)24)2-7-15(16)23-8-9-25-14-5-3-13(18)4-6-14/h2-7,10-11H,8-9H2,1H3,(H3,19,21,24)/b20-11-. The van der Waals surface area contributed by atoms with Gasteiger partial charge in [-0.05, 0) is 60.2 Å². The minimum absolute atomic E-state index is 0.112. The number of nitrogens with one attached hydrogen (secondary N) is 1. The van der Waals surface area contributed by atoms with E-state index in [1.807, 2.05) is 42.5 Å². The molecule has 0 heterocycles. The van der Waals surface area contributed by atoms with E-state index < -0.39 is 0 Å². The second-order valence-corrected chi connectivity index (χ2v) is 6.84. The molecule has 0 spiro atoms. The second-order valence-electron chi connectivity index (χ2n) is 4.80. The number of thioether (sulfide) groups is 1. The molecule has 0 amide bonds. The lowest BCUT2D eigenvalue weighted by Gasteiger charge is -2.11. The Balaban J connectivity index is 1.87. The number of methoxy groups -OCH3 is 1. The molecule has 0 bridgehead atoms. The summed E-state index contributed by atoms with van der Waals surface area (Å²) in [6.45, 7) is 0.556. The number of rotatable bonds is 8. The first kappa shape index (κ1) is 19.4. The fraction of sp³-hybridized carbons (Fsp3) is 0.176. The van der Waals surface area contributed by atoms with Crippen molar-refractivity contribution in [2.24, 2.45) is 10.8 Å². The first-order chi connectivity index (χ1) is 12.1. The third kappa shape index (κ3) is 6.81. The largest absolute Gasteiger partial charge is 0.493 e. The number of nitrogens with zero attached hydrogens (tertiary/aromatic N) is 1. The van der Waals surface area contributed by atoms with Gasteiger partial charge in [0.25, 0.3) is 0 Å². The summed E-state index contributed by atoms with van der Waals surface area (Å²) in [6, 6.07) is 13.3. The van der Waals surface area contributed by atoms with Crippen molar-refractivity contribution in [3.8, 4) is 11.5 Å². The first-order valence-corrected chi connectivity index (χ1v) is 9.13. The van der Waals surface area contributed by atoms with Crippen molar-refractivity contribution in [1.82, 2.24) is 5.43 Å². The number of thiocarbonyl (C=S) groups is 1. The molecular formula is C17H18ClN3O2S2. The molecule has 5 nitrogen and oxygen atoms in total. The molecule has 0 aromatic heterocycles. The summed E-state index contributed by atoms with van der Waals surface area (Å²) in [5.41, 5.74) is 8.65. The van der Waals surface area contributed by atoms with E-state index in [9.17, 15) is 0 Å². The zero-order valence-corrected chi connectivity index (χ0v) is 16.0. The Kier molecular flexibility index (Phi) is 7.84. The summed E-state index contributed by atoms with van der Waals surface area (Å²) in [5, 5.41) is 4.76. The Bertz CT molecular complexity index is 739. The molecule has 0 radical (unpaired) electrons. The van der Waals surface area contributed by atoms with E-state index in [2.05, 4.69) is 22.7 Å². The maximum Gasteiger partial charge on any atom is 0.184 e. The molecule has 3 N–H and O–H groups in total. The molecule has 0 saturated carbocycles. The fourth-order valence-electron chi connectivity index (χ4n) is 1.90. The predicted octanol–water partition coefficient (Wildman–Crippen LogP) is 3.69. The Morgan fingerprint density at radius 1 is 1.28 bits per heavy atom. The van der Waals surface area contributed by atoms with Crippen LogP contribution in [0, 0.1) is 0 Å². The van der Waals surface area contributed by atoms with Crippen LogP contribution in [0.5, 0.6) is 11.5 Å². The average molecular weight is 396 g/mol. The van der Waals surface area contributed by atoms with Crippen molar-refractivity contribution in [2.75, 3.05) is 19.5 Å². The smallest absolute Gasteiger partial charge is 0.184 e. The van der Waals surface area contributed by atoms with Crippen molar-refractivity contribution in [3.63, 3.8) is 0 Å². The van der Waals surface area contributed by atoms with Gasteiger partial charge in [0.1, 0.15) is 0 Å². The molecule has 2 rings (SSSR count). The summed E-state index contributed by atoms with van der Waals surface area (Å²) in [6.07, 6.45) is 1.60. The maximum absolute atomic E-state index is 5.87. The highest BCUT2D eigenvalue weighted by molar-refractivity contribution is 7.99. The quantitative estimate of drug-likeness (QED) is 0.233. The van der Waals surface area contributed by atoms with Gasteiger partial charge in [-0.1, -0.05) is 11.6 Å². The lowest BCUT2D eigenvalue weighted by atomic mass is 10.2. The van der Waals surface area contributed by atoms with Crippen LogP contribution in [-0.4, -0.2) is 30.8 Å². The number of nitrogens with two attached hydrogens (primary N) is 1. The molecule has 2 aromatic carbocycles. The number of benzene rings is 2. The Hall–Kier alpha value is -1.96. The second kappa shape index (κ2) is 10.1. The third-order valence-corrected chi connectivity index (χ3v) is 4.32. The topological polar surface area (TPSA) is 68.9 Å². The number of hydrogen-bond acceptors (Lipinski definition) is 5. The molecule has 0 aliphatic heterocycles. The van der Waals surface area contributed by atoms with Crippen LogP contribution in [0.25, 0.3) is 0 Å². The van der Waals surface area contributed by atoms with Gasteiger partial charge in [-0.15, -0.1) is 11.8 Å². The van der Waals surface area contributed by atoms with Crippen LogP contribution in [0.1, 0.15) is 5.56 Å². The Morgan fingerprint density at radius 2 is 2.04 bits per heavy atom. The molecule has 0 aliphatic carbocycles. The molecule has 132 valence electrons. The van der Waals surface area contributed by atoms with Crippen molar-refractivity contribution >= 4 is 46.9 Å². The molecule has 25 heavy (non-hydrogen) atoms. The maximum atomic E-state index is 5.87. The SMILES string of the molecule is COc1cc(/C=N\NC(N)=S)ccc1OCCSc1ccc(Cl)cc1. The van der Waals surface area contributed by atoms with E-state index in [1.165, 1.54) is 0 Å². The van der Waals surface area contributed by atoms with Crippen molar-refractivity contribution < 1.29 is 9.47 Å². The Labute approximate surface area is 161 Å². The van der Waals surface area contributed by atoms with Gasteiger partial charge in [0.2, 0.25) is 0 Å². The number of ether oxygens (including phenoxy) is 2. The van der Waals surface area contributed by atoms with E-state index in [4.69, 9.17) is 26.8 Å². The highest BCUT2D eigenvalue weighted by atomic mass is 35.5. The highest BCUT2D eigenvalue weighted by Gasteiger charge is 2.05. The van der Waals surface area contributed by atoms with Crippen molar-refractivity contribution in [2.45, 2.75) is 4.90 Å². The van der Waals surface area contributed by atoms with Gasteiger partial charge in [-0.25, -0.2) is 0 Å². The molecular weight excluding hydrogens is 378 g/mol. The van der Waals surface area contributed by atoms with E-state index in [1.54, 1.807) is 25.1 Å². The molecule has 0 fully saturated rings. The third-order valence-electron chi connectivity index (χ3n) is 3.00. The monoisotopic (exact) mass is 395 g/mol. The first-order valence-electron chi connectivity index (χ1n) is 7.36. The van der Waals surface area contributed by atoms with Crippen LogP contribution in [0.2, 0.25) is 5.02 Å². The highest BCUT2D eigenvalue weighted by Crippen LogP contribution is 2.28. The van der Waals surface area contributed by atoms with Gasteiger partial charge >= 0.3 is 0 Å². The van der Waals surface area contributed by atoms with E-state index >= 15 is 0 Å². The number of hydrazone groups is 1. The molecule has 0 saturated heterocycles. The molecule has 0 unspecified atom stereocenters. The average Bonchev–Trinajstić information content (AvgIpc) is 2.60. The summed E-state index contributed by atoms with van der Waals surface area (Å²) in [7, 11) is 1.60. The zero-order valence-electron chi connectivity index (χ0n) is 13.6. The van der Waals surface area contributed by atoms with Gasteiger partial charge in [-0.2, -0.15) is 5.10 Å². The minimum Gasteiger partial charge on any atom is -0.493 e. The van der Waals surface area contributed by atoms with E-state index in [-0.39, 0.29) is 5.11 Å². The van der Waals surface area contributed by atoms with Crippen LogP contribution in [-0.2, 0) is 0 Å². The van der Waals surface area contributed by atoms with Gasteiger partial charge in [-0.3, -0.25) is 5.43 Å². The zero-order chi connectivity index (χ0) is 18.1. The van der Waals surface area contributed by atoms with E-state index in [0.717, 1.165) is 21.2 Å². The summed E-state index contributed by atoms with van der Waals surface area (Å²) in [5.74, 6) is 2.13. The van der Waals surface area contributed by atoms with Gasteiger partial charge < -0.3 is 15.2 Å². The van der Waals surface area contributed by atoms with E-state index in [0.29, 0.717) is 18.1 Å². The molecule has 0 aliphatic rings. The normalized spacial score (nSPS) is 10.6. The van der Waals surface area contributed by atoms with Crippen LogP contribution in [0.15, 0.2) is 52.5 Å². The van der Waals surface area contributed by atoms with Crippen LogP contribution < -0.4 is 20.6 Å². The molecule has 0 atom stereocenters. The van der Waals surface area contributed by atoms with Gasteiger partial charge in [0.15, 0.2) is 16.6 Å². The molecule has 2 aromatic rings. The Morgan fingerprint density at radius 3 is 2.72 bits per heavy atom. The lowest BCUT2D eigenvalue weighted by molar-refractivity contribution is 0.313. The lowest BCUT2D eigenvalue weighted by Crippen LogP contribution is -2.23. The van der Waals surface area contributed by atoms with Crippen molar-refractivity contribution in [1.29, 1.82) is 0 Å². The van der Waals surface area contributed by atoms with Crippen molar-refractivity contribution in [3.05, 3.63) is 53.1 Å². The van der Waals surface area contributed by atoms with Crippen LogP contribution >= 0.6 is 35.6 Å². The van der Waals surface area contributed by atoms with Gasteiger partial charge in [0, 0.05) is 15.7 Å².